The highest BCUT2D eigenvalue weighted by Crippen LogP contribution is 2.03. The average Bonchev–Trinajstić information content (AvgIpc) is 2.62. The van der Waals surface area contributed by atoms with E-state index in [1.165, 1.54) is 10.6 Å². The number of aryl methyl sites for hydroxylation is 1. The fraction of sp³-hybridized carbons (Fsp3) is 0.333. The molecule has 0 aliphatic heterocycles. The molecule has 5 nitrogen and oxygen atoms in total. The van der Waals surface area contributed by atoms with E-state index in [1.54, 1.807) is 19.3 Å². The largest absolute Gasteiger partial charge is 0.477 e. The van der Waals surface area contributed by atoms with E-state index in [4.69, 9.17) is 5.11 Å². The van der Waals surface area contributed by atoms with Crippen molar-refractivity contribution in [2.45, 2.75) is 13.0 Å². The van der Waals surface area contributed by atoms with Gasteiger partial charge in [-0.3, -0.25) is 4.79 Å². The van der Waals surface area contributed by atoms with E-state index in [1.807, 2.05) is 0 Å². The molecule has 1 aromatic rings. The Morgan fingerprint density at radius 1 is 1.57 bits per heavy atom. The molecule has 76 valence electrons. The summed E-state index contributed by atoms with van der Waals surface area (Å²) in [5.74, 6) is -1.08. The second-order valence-electron chi connectivity index (χ2n) is 2.82. The van der Waals surface area contributed by atoms with Crippen LogP contribution in [0.25, 0.3) is 0 Å². The van der Waals surface area contributed by atoms with Crippen LogP contribution in [0.4, 0.5) is 0 Å². The molecule has 0 aliphatic rings. The molecular weight excluding hydrogens is 184 g/mol. The van der Waals surface area contributed by atoms with Gasteiger partial charge in [0.15, 0.2) is 0 Å². The van der Waals surface area contributed by atoms with E-state index >= 15 is 0 Å². The first-order valence-corrected chi connectivity index (χ1v) is 4.24. The molecule has 0 unspecified atom stereocenters. The van der Waals surface area contributed by atoms with E-state index in [0.717, 1.165) is 0 Å². The normalized spacial score (nSPS) is 9.79. The van der Waals surface area contributed by atoms with Crippen molar-refractivity contribution in [3.05, 3.63) is 24.0 Å². The third-order valence-corrected chi connectivity index (χ3v) is 1.91. The minimum Gasteiger partial charge on any atom is -0.477 e. The number of aromatic nitrogens is 1. The van der Waals surface area contributed by atoms with Crippen LogP contribution in [0.2, 0.25) is 0 Å². The summed E-state index contributed by atoms with van der Waals surface area (Å²) in [5, 5.41) is 11.2. The Labute approximate surface area is 81.3 Å². The molecule has 0 bridgehead atoms. The highest BCUT2D eigenvalue weighted by atomic mass is 16.4. The van der Waals surface area contributed by atoms with Gasteiger partial charge in [-0.2, -0.15) is 0 Å². The van der Waals surface area contributed by atoms with Gasteiger partial charge in [-0.1, -0.05) is 0 Å². The molecule has 0 saturated heterocycles. The molecule has 0 atom stereocenters. The first-order valence-electron chi connectivity index (χ1n) is 4.24. The Balaban J connectivity index is 2.63. The number of hydrogen-bond acceptors (Lipinski definition) is 2. The molecule has 0 aliphatic carbocycles. The number of nitrogens with one attached hydrogen (secondary N) is 1. The third-order valence-electron chi connectivity index (χ3n) is 1.91. The summed E-state index contributed by atoms with van der Waals surface area (Å²) in [6, 6.07) is 3.15. The Morgan fingerprint density at radius 3 is 2.86 bits per heavy atom. The second-order valence-corrected chi connectivity index (χ2v) is 2.82. The minimum atomic E-state index is -0.980. The SMILES string of the molecule is CNC(=O)CCn1cccc1C(=O)O. The minimum absolute atomic E-state index is 0.102. The molecule has 5 heteroatoms. The summed E-state index contributed by atoms with van der Waals surface area (Å²) >= 11 is 0. The number of carboxylic acids is 1. The quantitative estimate of drug-likeness (QED) is 0.728. The second kappa shape index (κ2) is 4.45. The zero-order valence-electron chi connectivity index (χ0n) is 7.86. The summed E-state index contributed by atoms with van der Waals surface area (Å²) < 4.78 is 1.54. The van der Waals surface area contributed by atoms with Gasteiger partial charge in [-0.25, -0.2) is 4.79 Å². The van der Waals surface area contributed by atoms with Crippen molar-refractivity contribution in [3.63, 3.8) is 0 Å². The number of nitrogens with zero attached hydrogens (tertiary/aromatic N) is 1. The molecule has 0 radical (unpaired) electrons. The maximum Gasteiger partial charge on any atom is 0.352 e. The standard InChI is InChI=1S/C9H12N2O3/c1-10-8(12)4-6-11-5-2-3-7(11)9(13)14/h2-3,5H,4,6H2,1H3,(H,10,12)(H,13,14). The Morgan fingerprint density at radius 2 is 2.29 bits per heavy atom. The lowest BCUT2D eigenvalue weighted by molar-refractivity contribution is -0.120. The first kappa shape index (κ1) is 10.3. The summed E-state index contributed by atoms with van der Waals surface area (Å²) in [6.45, 7) is 0.383. The summed E-state index contributed by atoms with van der Waals surface area (Å²) in [4.78, 5) is 21.6. The van der Waals surface area contributed by atoms with Crippen molar-refractivity contribution >= 4 is 11.9 Å². The van der Waals surface area contributed by atoms with Gasteiger partial charge in [-0.15, -0.1) is 0 Å². The average molecular weight is 196 g/mol. The van der Waals surface area contributed by atoms with Crippen molar-refractivity contribution in [2.24, 2.45) is 0 Å². The molecule has 0 spiro atoms. The molecular formula is C9H12N2O3. The lowest BCUT2D eigenvalue weighted by Gasteiger charge is -2.04. The van der Waals surface area contributed by atoms with Gasteiger partial charge >= 0.3 is 5.97 Å². The Bertz CT molecular complexity index is 344. The molecule has 1 heterocycles. The zero-order chi connectivity index (χ0) is 10.6. The lowest BCUT2D eigenvalue weighted by atomic mass is 10.3. The fourth-order valence-corrected chi connectivity index (χ4v) is 1.15. The number of hydrogen-bond donors (Lipinski definition) is 2. The van der Waals surface area contributed by atoms with Crippen LogP contribution in [0.5, 0.6) is 0 Å². The van der Waals surface area contributed by atoms with Gasteiger partial charge in [0.25, 0.3) is 0 Å². The smallest absolute Gasteiger partial charge is 0.352 e. The topological polar surface area (TPSA) is 71.3 Å². The predicted octanol–water partition coefficient (Wildman–Crippen LogP) is 0.322. The van der Waals surface area contributed by atoms with E-state index in [9.17, 15) is 9.59 Å². The molecule has 1 aromatic heterocycles. The number of carbonyl (C=O) groups is 2. The number of carboxylic acid groups (broad SMARTS) is 1. The predicted molar refractivity (Wildman–Crippen MR) is 50.1 cm³/mol. The summed E-state index contributed by atoms with van der Waals surface area (Å²) in [5.41, 5.74) is 0.203. The van der Waals surface area contributed by atoms with Crippen molar-refractivity contribution in [2.75, 3.05) is 7.05 Å². The molecule has 0 aromatic carbocycles. The van der Waals surface area contributed by atoms with Crippen LogP contribution in [0.3, 0.4) is 0 Å². The van der Waals surface area contributed by atoms with Crippen LogP contribution in [-0.4, -0.2) is 28.6 Å². The Kier molecular flexibility index (Phi) is 3.28. The third kappa shape index (κ3) is 2.35. The van der Waals surface area contributed by atoms with Crippen LogP contribution in [0.15, 0.2) is 18.3 Å². The lowest BCUT2D eigenvalue weighted by Crippen LogP contribution is -2.20. The summed E-state index contributed by atoms with van der Waals surface area (Å²) in [7, 11) is 1.55. The summed E-state index contributed by atoms with van der Waals surface area (Å²) in [6.07, 6.45) is 1.93. The zero-order valence-corrected chi connectivity index (χ0v) is 7.86. The van der Waals surface area contributed by atoms with E-state index in [2.05, 4.69) is 5.32 Å². The molecule has 1 amide bonds. The fourth-order valence-electron chi connectivity index (χ4n) is 1.15. The highest BCUT2D eigenvalue weighted by molar-refractivity contribution is 5.85. The van der Waals surface area contributed by atoms with Gasteiger partial charge in [0, 0.05) is 26.2 Å². The maximum atomic E-state index is 10.9. The molecule has 2 N–H and O–H groups in total. The van der Waals surface area contributed by atoms with Crippen molar-refractivity contribution in [3.8, 4) is 0 Å². The van der Waals surface area contributed by atoms with E-state index in [0.29, 0.717) is 6.54 Å². The van der Waals surface area contributed by atoms with Gasteiger partial charge in [-0.05, 0) is 12.1 Å². The van der Waals surface area contributed by atoms with Crippen LogP contribution in [0.1, 0.15) is 16.9 Å². The van der Waals surface area contributed by atoms with Crippen LogP contribution in [-0.2, 0) is 11.3 Å². The van der Waals surface area contributed by atoms with Crippen molar-refractivity contribution in [1.82, 2.24) is 9.88 Å². The van der Waals surface area contributed by atoms with Gasteiger partial charge in [0.1, 0.15) is 5.69 Å². The number of carbonyl (C=O) groups excluding carboxylic acids is 1. The van der Waals surface area contributed by atoms with Crippen LogP contribution < -0.4 is 5.32 Å². The van der Waals surface area contributed by atoms with Crippen LogP contribution >= 0.6 is 0 Å². The number of amides is 1. The molecule has 14 heavy (non-hydrogen) atoms. The molecule has 0 saturated carbocycles. The molecule has 0 fully saturated rings. The number of rotatable bonds is 4. The van der Waals surface area contributed by atoms with Gasteiger partial charge in [0.05, 0.1) is 0 Å². The first-order chi connectivity index (χ1) is 6.65. The van der Waals surface area contributed by atoms with E-state index in [-0.39, 0.29) is 18.0 Å². The maximum absolute atomic E-state index is 10.9. The van der Waals surface area contributed by atoms with E-state index < -0.39 is 5.97 Å². The van der Waals surface area contributed by atoms with Crippen molar-refractivity contribution < 1.29 is 14.7 Å². The number of aromatic carboxylic acids is 1. The van der Waals surface area contributed by atoms with Crippen molar-refractivity contribution in [1.29, 1.82) is 0 Å². The molecule has 1 rings (SSSR count). The Hall–Kier alpha value is -1.78. The van der Waals surface area contributed by atoms with Crippen LogP contribution in [0, 0.1) is 0 Å². The monoisotopic (exact) mass is 196 g/mol. The van der Waals surface area contributed by atoms with Gasteiger partial charge in [0.2, 0.25) is 5.91 Å². The highest BCUT2D eigenvalue weighted by Gasteiger charge is 2.08. The van der Waals surface area contributed by atoms with Gasteiger partial charge < -0.3 is 15.0 Å².